The fraction of sp³-hybridized carbons (Fsp3) is 0.364. The van der Waals surface area contributed by atoms with Crippen molar-refractivity contribution in [2.24, 2.45) is 0 Å². The molecule has 1 aromatic carbocycles. The molecule has 0 bridgehead atoms. The largest absolute Gasteiger partial charge is 0.362 e. The first-order valence-electron chi connectivity index (χ1n) is 4.68. The van der Waals surface area contributed by atoms with Gasteiger partial charge in [0, 0.05) is 7.05 Å². The summed E-state index contributed by atoms with van der Waals surface area (Å²) in [5.41, 5.74) is 1.13. The Hall–Kier alpha value is -1.35. The number of rotatable bonds is 1. The number of likely N-dealkylation sites (N-methyl/N-ethyl adjacent to an activating group) is 1. The van der Waals surface area contributed by atoms with Crippen molar-refractivity contribution in [3.63, 3.8) is 0 Å². The molecule has 1 fully saturated rings. The van der Waals surface area contributed by atoms with Crippen LogP contribution in [-0.4, -0.2) is 31.0 Å². The van der Waals surface area contributed by atoms with E-state index in [9.17, 15) is 4.79 Å². The third kappa shape index (κ3) is 1.77. The van der Waals surface area contributed by atoms with Crippen molar-refractivity contribution in [1.29, 1.82) is 0 Å². The summed E-state index contributed by atoms with van der Waals surface area (Å²) in [4.78, 5) is 12.9. The van der Waals surface area contributed by atoms with Crippen LogP contribution in [0.3, 0.4) is 0 Å². The zero-order chi connectivity index (χ0) is 9.97. The van der Waals surface area contributed by atoms with Gasteiger partial charge in [0.2, 0.25) is 5.91 Å². The van der Waals surface area contributed by atoms with Gasteiger partial charge in [-0.3, -0.25) is 4.79 Å². The number of hydrogen-bond acceptors (Lipinski definition) is 2. The highest BCUT2D eigenvalue weighted by Crippen LogP contribution is 2.21. The Morgan fingerprint density at radius 2 is 2.07 bits per heavy atom. The Bertz CT molecular complexity index is 323. The van der Waals surface area contributed by atoms with E-state index in [0.717, 1.165) is 5.56 Å². The van der Waals surface area contributed by atoms with Crippen LogP contribution in [0.15, 0.2) is 30.3 Å². The molecule has 1 heterocycles. The summed E-state index contributed by atoms with van der Waals surface area (Å²) < 4.78 is 5.46. The summed E-state index contributed by atoms with van der Waals surface area (Å²) in [6.45, 7) is 0.832. The average Bonchev–Trinajstić information content (AvgIpc) is 2.23. The number of ether oxygens (including phenoxy) is 1. The van der Waals surface area contributed by atoms with Gasteiger partial charge in [-0.1, -0.05) is 30.3 Å². The monoisotopic (exact) mass is 191 g/mol. The van der Waals surface area contributed by atoms with Crippen LogP contribution in [0.4, 0.5) is 0 Å². The predicted molar refractivity (Wildman–Crippen MR) is 52.8 cm³/mol. The second kappa shape index (κ2) is 3.80. The Morgan fingerprint density at radius 3 is 2.71 bits per heavy atom. The summed E-state index contributed by atoms with van der Waals surface area (Å²) >= 11 is 0. The van der Waals surface area contributed by atoms with E-state index in [1.165, 1.54) is 0 Å². The molecule has 1 amide bonds. The Morgan fingerprint density at radius 1 is 1.36 bits per heavy atom. The first-order valence-corrected chi connectivity index (χ1v) is 4.68. The lowest BCUT2D eigenvalue weighted by molar-refractivity contribution is -0.147. The summed E-state index contributed by atoms with van der Waals surface area (Å²) in [5.74, 6) is 0.0529. The predicted octanol–water partition coefficient (Wildman–Crippen LogP) is 1.22. The third-order valence-electron chi connectivity index (χ3n) is 2.44. The summed E-state index contributed by atoms with van der Waals surface area (Å²) in [6.07, 6.45) is 0.0268. The molecule has 1 aliphatic rings. The normalized spacial score (nSPS) is 22.5. The fourth-order valence-electron chi connectivity index (χ4n) is 1.55. The van der Waals surface area contributed by atoms with Gasteiger partial charge in [0.1, 0.15) is 12.7 Å². The highest BCUT2D eigenvalue weighted by Gasteiger charge is 2.24. The third-order valence-corrected chi connectivity index (χ3v) is 2.44. The van der Waals surface area contributed by atoms with Gasteiger partial charge in [-0.15, -0.1) is 0 Å². The molecule has 3 heteroatoms. The lowest BCUT2D eigenvalue weighted by atomic mass is 10.1. The zero-order valence-electron chi connectivity index (χ0n) is 8.14. The molecule has 0 aliphatic carbocycles. The van der Waals surface area contributed by atoms with Gasteiger partial charge in [0.05, 0.1) is 6.54 Å². The molecule has 0 aromatic heterocycles. The maximum absolute atomic E-state index is 11.2. The van der Waals surface area contributed by atoms with Crippen LogP contribution in [0.1, 0.15) is 11.7 Å². The van der Waals surface area contributed by atoms with Crippen molar-refractivity contribution in [1.82, 2.24) is 4.90 Å². The van der Waals surface area contributed by atoms with Gasteiger partial charge in [0.15, 0.2) is 0 Å². The smallest absolute Gasteiger partial charge is 0.248 e. The van der Waals surface area contributed by atoms with Crippen molar-refractivity contribution < 1.29 is 9.53 Å². The average molecular weight is 191 g/mol. The van der Waals surface area contributed by atoms with E-state index in [2.05, 4.69) is 0 Å². The Labute approximate surface area is 83.3 Å². The Kier molecular flexibility index (Phi) is 2.50. The van der Waals surface area contributed by atoms with Gasteiger partial charge in [-0.05, 0) is 5.56 Å². The maximum atomic E-state index is 11.2. The van der Waals surface area contributed by atoms with E-state index in [1.54, 1.807) is 11.9 Å². The van der Waals surface area contributed by atoms with Crippen LogP contribution in [0.5, 0.6) is 0 Å². The molecule has 0 spiro atoms. The van der Waals surface area contributed by atoms with E-state index in [0.29, 0.717) is 6.54 Å². The highest BCUT2D eigenvalue weighted by atomic mass is 16.5. The summed E-state index contributed by atoms with van der Waals surface area (Å²) in [5, 5.41) is 0. The Balaban J connectivity index is 2.11. The SMILES string of the molecule is CN1CC(c2ccccc2)OCC1=O. The molecule has 1 saturated heterocycles. The first kappa shape index (κ1) is 9.21. The molecule has 0 N–H and O–H groups in total. The lowest BCUT2D eigenvalue weighted by Gasteiger charge is -2.30. The van der Waals surface area contributed by atoms with Crippen LogP contribution in [-0.2, 0) is 9.53 Å². The molecule has 0 saturated carbocycles. The maximum Gasteiger partial charge on any atom is 0.248 e. The van der Waals surface area contributed by atoms with E-state index < -0.39 is 0 Å². The fourth-order valence-corrected chi connectivity index (χ4v) is 1.55. The molecule has 1 unspecified atom stereocenters. The number of hydrogen-bond donors (Lipinski definition) is 0. The molecule has 74 valence electrons. The van der Waals surface area contributed by atoms with Crippen LogP contribution >= 0.6 is 0 Å². The summed E-state index contributed by atoms with van der Waals surface area (Å²) in [6, 6.07) is 9.98. The molecule has 1 atom stereocenters. The lowest BCUT2D eigenvalue weighted by Crippen LogP contribution is -2.40. The van der Waals surface area contributed by atoms with Crippen LogP contribution in [0.25, 0.3) is 0 Å². The number of amides is 1. The van der Waals surface area contributed by atoms with E-state index in [1.807, 2.05) is 30.3 Å². The van der Waals surface area contributed by atoms with Gasteiger partial charge in [0.25, 0.3) is 0 Å². The highest BCUT2D eigenvalue weighted by molar-refractivity contribution is 5.77. The van der Waals surface area contributed by atoms with Crippen LogP contribution in [0.2, 0.25) is 0 Å². The minimum atomic E-state index is 0.0268. The molecule has 3 nitrogen and oxygen atoms in total. The standard InChI is InChI=1S/C11H13NO2/c1-12-7-10(14-8-11(12)13)9-5-3-2-4-6-9/h2-6,10H,7-8H2,1H3. The van der Waals surface area contributed by atoms with Gasteiger partial charge in [-0.25, -0.2) is 0 Å². The van der Waals surface area contributed by atoms with Crippen LogP contribution < -0.4 is 0 Å². The molecule has 14 heavy (non-hydrogen) atoms. The molecular weight excluding hydrogens is 178 g/mol. The topological polar surface area (TPSA) is 29.5 Å². The zero-order valence-corrected chi connectivity index (χ0v) is 8.14. The molecule has 1 aliphatic heterocycles. The molecular formula is C11H13NO2. The minimum absolute atomic E-state index is 0.0268. The van der Waals surface area contributed by atoms with E-state index in [4.69, 9.17) is 4.74 Å². The van der Waals surface area contributed by atoms with Gasteiger partial charge in [-0.2, -0.15) is 0 Å². The van der Waals surface area contributed by atoms with Crippen LogP contribution in [0, 0.1) is 0 Å². The quantitative estimate of drug-likeness (QED) is 0.668. The van der Waals surface area contributed by atoms with Crippen molar-refractivity contribution >= 4 is 5.91 Å². The van der Waals surface area contributed by atoms with Gasteiger partial charge >= 0.3 is 0 Å². The number of carbonyl (C=O) groups excluding carboxylic acids is 1. The number of nitrogens with zero attached hydrogens (tertiary/aromatic N) is 1. The van der Waals surface area contributed by atoms with E-state index >= 15 is 0 Å². The van der Waals surface area contributed by atoms with Crippen molar-refractivity contribution in [2.45, 2.75) is 6.10 Å². The number of benzene rings is 1. The molecule has 2 rings (SSSR count). The first-order chi connectivity index (χ1) is 6.77. The number of carbonyl (C=O) groups is 1. The second-order valence-electron chi connectivity index (χ2n) is 3.48. The number of morpholine rings is 1. The van der Waals surface area contributed by atoms with Crippen molar-refractivity contribution in [3.8, 4) is 0 Å². The summed E-state index contributed by atoms with van der Waals surface area (Å²) in [7, 11) is 1.81. The van der Waals surface area contributed by atoms with Crippen molar-refractivity contribution in [3.05, 3.63) is 35.9 Å². The minimum Gasteiger partial charge on any atom is -0.362 e. The van der Waals surface area contributed by atoms with E-state index in [-0.39, 0.29) is 18.6 Å². The second-order valence-corrected chi connectivity index (χ2v) is 3.48. The van der Waals surface area contributed by atoms with Crippen molar-refractivity contribution in [2.75, 3.05) is 20.2 Å². The molecule has 1 aromatic rings. The molecule has 0 radical (unpaired) electrons. The van der Waals surface area contributed by atoms with Gasteiger partial charge < -0.3 is 9.64 Å².